The number of hydrogen-bond acceptors (Lipinski definition) is 3. The number of likely N-dealkylation sites (tertiary alicyclic amines) is 1. The van der Waals surface area contributed by atoms with Crippen molar-refractivity contribution in [3.63, 3.8) is 0 Å². The number of hydrogen-bond donors (Lipinski definition) is 2. The van der Waals surface area contributed by atoms with Gasteiger partial charge >= 0.3 is 0 Å². The van der Waals surface area contributed by atoms with E-state index in [-0.39, 0.29) is 11.6 Å². The van der Waals surface area contributed by atoms with Gasteiger partial charge in [-0.3, -0.25) is 4.90 Å². The van der Waals surface area contributed by atoms with Gasteiger partial charge in [0.05, 0.1) is 6.10 Å². The van der Waals surface area contributed by atoms with Crippen molar-refractivity contribution < 1.29 is 5.11 Å². The van der Waals surface area contributed by atoms with E-state index in [1.165, 1.54) is 0 Å². The number of β-amino-alcohol motifs (C(OH)–C–C–N with tert-alkyl or cyclic N) is 1. The molecule has 1 rings (SSSR count). The Bertz CT molecular complexity index is 131. The molecular formula is C8H18N2O. The normalized spacial score (nSPS) is 27.8. The smallest absolute Gasteiger partial charge is 0.0679 e. The van der Waals surface area contributed by atoms with Crippen molar-refractivity contribution in [1.82, 2.24) is 4.90 Å². The summed E-state index contributed by atoms with van der Waals surface area (Å²) < 4.78 is 0. The molecule has 0 aromatic heterocycles. The van der Waals surface area contributed by atoms with Crippen LogP contribution in [0.15, 0.2) is 0 Å². The van der Waals surface area contributed by atoms with Crippen molar-refractivity contribution in [3.05, 3.63) is 0 Å². The highest BCUT2D eigenvalue weighted by molar-refractivity contribution is 4.82. The van der Waals surface area contributed by atoms with Gasteiger partial charge in [-0.15, -0.1) is 0 Å². The maximum atomic E-state index is 9.21. The van der Waals surface area contributed by atoms with Crippen molar-refractivity contribution in [3.8, 4) is 0 Å². The Morgan fingerprint density at radius 2 is 2.27 bits per heavy atom. The van der Waals surface area contributed by atoms with Crippen LogP contribution in [-0.2, 0) is 0 Å². The lowest BCUT2D eigenvalue weighted by atomic mass is 10.1. The number of aliphatic hydroxyl groups excluding tert-OH is 1. The zero-order chi connectivity index (χ0) is 8.48. The van der Waals surface area contributed by atoms with Gasteiger partial charge in [0.25, 0.3) is 0 Å². The van der Waals surface area contributed by atoms with Crippen LogP contribution < -0.4 is 5.73 Å². The second kappa shape index (κ2) is 3.09. The zero-order valence-electron chi connectivity index (χ0n) is 7.38. The summed E-state index contributed by atoms with van der Waals surface area (Å²) in [6.45, 7) is 6.68. The minimum atomic E-state index is -0.135. The molecule has 0 aliphatic carbocycles. The van der Waals surface area contributed by atoms with Crippen molar-refractivity contribution in [1.29, 1.82) is 0 Å². The summed E-state index contributed by atoms with van der Waals surface area (Å²) in [5, 5.41) is 9.21. The molecule has 0 radical (unpaired) electrons. The lowest BCUT2D eigenvalue weighted by Crippen LogP contribution is -2.44. The average molecular weight is 158 g/mol. The van der Waals surface area contributed by atoms with Crippen LogP contribution in [0.4, 0.5) is 0 Å². The fourth-order valence-corrected chi connectivity index (χ4v) is 1.53. The summed E-state index contributed by atoms with van der Waals surface area (Å²) in [5.41, 5.74) is 5.70. The zero-order valence-corrected chi connectivity index (χ0v) is 7.38. The van der Waals surface area contributed by atoms with E-state index in [1.807, 2.05) is 13.8 Å². The van der Waals surface area contributed by atoms with Gasteiger partial charge in [0.1, 0.15) is 0 Å². The van der Waals surface area contributed by atoms with Gasteiger partial charge in [0.2, 0.25) is 0 Å². The third kappa shape index (κ3) is 3.18. The Balaban J connectivity index is 2.29. The standard InChI is InChI=1S/C8H18N2O/c1-8(2,9)6-10-4-3-7(11)5-10/h7,11H,3-6,9H2,1-2H3/t7-/m1/s1. The van der Waals surface area contributed by atoms with E-state index in [2.05, 4.69) is 4.90 Å². The van der Waals surface area contributed by atoms with Crippen LogP contribution in [0.1, 0.15) is 20.3 Å². The Kier molecular flexibility index (Phi) is 2.52. The summed E-state index contributed by atoms with van der Waals surface area (Å²) >= 11 is 0. The van der Waals surface area contributed by atoms with Crippen LogP contribution >= 0.6 is 0 Å². The Hall–Kier alpha value is -0.120. The minimum Gasteiger partial charge on any atom is -0.392 e. The maximum absolute atomic E-state index is 9.21. The second-order valence-electron chi connectivity index (χ2n) is 4.17. The molecule has 0 bridgehead atoms. The number of aliphatic hydroxyl groups is 1. The first-order chi connectivity index (χ1) is 4.97. The minimum absolute atomic E-state index is 0.127. The summed E-state index contributed by atoms with van der Waals surface area (Å²) in [7, 11) is 0. The molecule has 3 heteroatoms. The molecule has 1 atom stereocenters. The number of nitrogens with zero attached hydrogens (tertiary/aromatic N) is 1. The molecule has 0 aromatic carbocycles. The molecule has 0 saturated carbocycles. The van der Waals surface area contributed by atoms with Gasteiger partial charge in [-0.25, -0.2) is 0 Å². The highest BCUT2D eigenvalue weighted by Crippen LogP contribution is 2.11. The lowest BCUT2D eigenvalue weighted by Gasteiger charge is -2.25. The van der Waals surface area contributed by atoms with Crippen LogP contribution in [-0.4, -0.2) is 41.3 Å². The molecule has 1 aliphatic heterocycles. The van der Waals surface area contributed by atoms with E-state index in [1.54, 1.807) is 0 Å². The first kappa shape index (κ1) is 8.97. The van der Waals surface area contributed by atoms with Crippen LogP contribution in [0.25, 0.3) is 0 Å². The predicted octanol–water partition coefficient (Wildman–Crippen LogP) is -0.210. The fourth-order valence-electron chi connectivity index (χ4n) is 1.53. The van der Waals surface area contributed by atoms with Gasteiger partial charge in [-0.1, -0.05) is 0 Å². The number of nitrogens with two attached hydrogens (primary N) is 1. The second-order valence-corrected chi connectivity index (χ2v) is 4.17. The van der Waals surface area contributed by atoms with Crippen LogP contribution in [0.5, 0.6) is 0 Å². The molecule has 0 aromatic rings. The summed E-state index contributed by atoms with van der Waals surface area (Å²) in [4.78, 5) is 2.21. The Labute approximate surface area is 68.2 Å². The van der Waals surface area contributed by atoms with Gasteiger partial charge in [-0.05, 0) is 20.3 Å². The van der Waals surface area contributed by atoms with Crippen molar-refractivity contribution in [2.75, 3.05) is 19.6 Å². The molecule has 66 valence electrons. The van der Waals surface area contributed by atoms with E-state index < -0.39 is 0 Å². The third-order valence-electron chi connectivity index (χ3n) is 1.88. The molecule has 0 amide bonds. The molecule has 1 saturated heterocycles. The Morgan fingerprint density at radius 1 is 1.64 bits per heavy atom. The molecule has 1 fully saturated rings. The Morgan fingerprint density at radius 3 is 2.64 bits per heavy atom. The van der Waals surface area contributed by atoms with E-state index >= 15 is 0 Å². The summed E-state index contributed by atoms with van der Waals surface area (Å²) in [5.74, 6) is 0. The average Bonchev–Trinajstić information content (AvgIpc) is 2.10. The third-order valence-corrected chi connectivity index (χ3v) is 1.88. The van der Waals surface area contributed by atoms with Gasteiger partial charge in [-0.2, -0.15) is 0 Å². The molecule has 11 heavy (non-hydrogen) atoms. The van der Waals surface area contributed by atoms with Crippen molar-refractivity contribution in [2.45, 2.75) is 31.9 Å². The highest BCUT2D eigenvalue weighted by atomic mass is 16.3. The van der Waals surface area contributed by atoms with E-state index in [0.717, 1.165) is 26.1 Å². The van der Waals surface area contributed by atoms with Crippen LogP contribution in [0, 0.1) is 0 Å². The quantitative estimate of drug-likeness (QED) is 0.584. The van der Waals surface area contributed by atoms with E-state index in [4.69, 9.17) is 5.73 Å². The maximum Gasteiger partial charge on any atom is 0.0679 e. The SMILES string of the molecule is CC(C)(N)CN1CC[C@@H](O)C1. The van der Waals surface area contributed by atoms with E-state index in [0.29, 0.717) is 0 Å². The highest BCUT2D eigenvalue weighted by Gasteiger charge is 2.24. The van der Waals surface area contributed by atoms with Crippen molar-refractivity contribution in [2.24, 2.45) is 5.73 Å². The van der Waals surface area contributed by atoms with Crippen LogP contribution in [0.3, 0.4) is 0 Å². The largest absolute Gasteiger partial charge is 0.392 e. The molecule has 0 unspecified atom stereocenters. The lowest BCUT2D eigenvalue weighted by molar-refractivity contribution is 0.169. The summed E-state index contributed by atoms with van der Waals surface area (Å²) in [6.07, 6.45) is 0.771. The van der Waals surface area contributed by atoms with Gasteiger partial charge in [0, 0.05) is 25.2 Å². The molecular weight excluding hydrogens is 140 g/mol. The molecule has 1 heterocycles. The number of rotatable bonds is 2. The predicted molar refractivity (Wildman–Crippen MR) is 45.3 cm³/mol. The molecule has 3 N–H and O–H groups in total. The molecule has 0 spiro atoms. The summed E-state index contributed by atoms with van der Waals surface area (Å²) in [6, 6.07) is 0. The molecule has 3 nitrogen and oxygen atoms in total. The topological polar surface area (TPSA) is 49.5 Å². The first-order valence-electron chi connectivity index (χ1n) is 4.17. The van der Waals surface area contributed by atoms with E-state index in [9.17, 15) is 5.11 Å². The van der Waals surface area contributed by atoms with Crippen LogP contribution in [0.2, 0.25) is 0 Å². The first-order valence-corrected chi connectivity index (χ1v) is 4.17. The fraction of sp³-hybridized carbons (Fsp3) is 1.00. The molecule has 1 aliphatic rings. The van der Waals surface area contributed by atoms with Gasteiger partial charge < -0.3 is 10.8 Å². The monoisotopic (exact) mass is 158 g/mol. The van der Waals surface area contributed by atoms with Gasteiger partial charge in [0.15, 0.2) is 0 Å². The van der Waals surface area contributed by atoms with Crippen molar-refractivity contribution >= 4 is 0 Å².